The van der Waals surface area contributed by atoms with Crippen LogP contribution in [0.1, 0.15) is 47.3 Å². The smallest absolute Gasteiger partial charge is 0.265 e. The molecule has 0 N–H and O–H groups in total. The van der Waals surface area contributed by atoms with Gasteiger partial charge in [-0.2, -0.15) is 0 Å². The van der Waals surface area contributed by atoms with E-state index in [1.807, 2.05) is 6.92 Å². The molecule has 0 saturated carbocycles. The number of Topliss-reactive ketones (excluding diaryl/α,β-unsaturated/α-hetero) is 1. The number of halogens is 2. The summed E-state index contributed by atoms with van der Waals surface area (Å²) in [4.78, 5) is 23.0. The van der Waals surface area contributed by atoms with Crippen molar-refractivity contribution in [3.63, 3.8) is 0 Å². The highest BCUT2D eigenvalue weighted by Gasteiger charge is 2.25. The van der Waals surface area contributed by atoms with Gasteiger partial charge in [0.2, 0.25) is 0 Å². The first-order valence-corrected chi connectivity index (χ1v) is 10.0. The van der Waals surface area contributed by atoms with E-state index >= 15 is 0 Å². The van der Waals surface area contributed by atoms with E-state index in [-0.39, 0.29) is 11.3 Å². The van der Waals surface area contributed by atoms with Gasteiger partial charge in [-0.05, 0) is 51.1 Å². The molecule has 154 valence electrons. The van der Waals surface area contributed by atoms with Crippen LogP contribution < -0.4 is 0 Å². The number of likely N-dealkylation sites (tertiary alicyclic amines) is 1. The number of hydrogen-bond acceptors (Lipinski definition) is 3. The van der Waals surface area contributed by atoms with Gasteiger partial charge in [-0.25, -0.2) is 13.6 Å². The average Bonchev–Trinajstić information content (AvgIpc) is 3.05. The predicted octanol–water partition coefficient (Wildman–Crippen LogP) is 5.49. The monoisotopic (exact) mass is 408 g/mol. The highest BCUT2D eigenvalue weighted by atomic mass is 19.3. The fourth-order valence-electron chi connectivity index (χ4n) is 4.16. The van der Waals surface area contributed by atoms with E-state index in [4.69, 9.17) is 6.57 Å². The summed E-state index contributed by atoms with van der Waals surface area (Å²) in [5.41, 5.74) is 3.06. The lowest BCUT2D eigenvalue weighted by Crippen LogP contribution is -2.34. The molecule has 7 heteroatoms. The van der Waals surface area contributed by atoms with Crippen LogP contribution in [0, 0.1) is 13.5 Å². The van der Waals surface area contributed by atoms with Crippen LogP contribution in [0.5, 0.6) is 0 Å². The Labute approximate surface area is 173 Å². The van der Waals surface area contributed by atoms with Gasteiger partial charge in [0.05, 0.1) is 29.7 Å². The van der Waals surface area contributed by atoms with E-state index in [1.165, 1.54) is 12.5 Å². The summed E-state index contributed by atoms with van der Waals surface area (Å²) >= 11 is 0. The van der Waals surface area contributed by atoms with Crippen LogP contribution >= 0.6 is 0 Å². The molecule has 1 aliphatic rings. The van der Waals surface area contributed by atoms with Crippen LogP contribution in [0.3, 0.4) is 0 Å². The number of pyridine rings is 1. The SMILES string of the molecule is [C-]#[N+]c1ccc(-n2c(C)c(C(=O)CN3CCCCC3)c3ncc(C(F)F)cc32)cc1. The van der Waals surface area contributed by atoms with Crippen molar-refractivity contribution in [2.45, 2.75) is 32.6 Å². The summed E-state index contributed by atoms with van der Waals surface area (Å²) in [6, 6.07) is 8.27. The first kappa shape index (κ1) is 20.2. The highest BCUT2D eigenvalue weighted by Crippen LogP contribution is 2.32. The molecule has 4 rings (SSSR count). The molecular formula is C23H22F2N4O. The number of fused-ring (bicyclic) bond motifs is 1. The third kappa shape index (κ3) is 3.71. The van der Waals surface area contributed by atoms with E-state index in [1.54, 1.807) is 28.8 Å². The molecule has 0 amide bonds. The van der Waals surface area contributed by atoms with Crippen LogP contribution in [-0.2, 0) is 0 Å². The standard InChI is InChI=1S/C23H22F2N4O/c1-15-21(20(30)14-28-10-4-3-5-11-28)22-19(12-16(13-27-22)23(24)25)29(15)18-8-6-17(26-2)7-9-18/h6-9,12-13,23H,3-5,10-11,14H2,1H3. The predicted molar refractivity (Wildman–Crippen MR) is 112 cm³/mol. The number of carbonyl (C=O) groups excluding carboxylic acids is 1. The fourth-order valence-corrected chi connectivity index (χ4v) is 4.16. The number of carbonyl (C=O) groups is 1. The highest BCUT2D eigenvalue weighted by molar-refractivity contribution is 6.09. The molecular weight excluding hydrogens is 386 g/mol. The van der Waals surface area contributed by atoms with Crippen molar-refractivity contribution in [3.05, 3.63) is 64.8 Å². The maximum atomic E-state index is 13.3. The first-order chi connectivity index (χ1) is 14.5. The number of alkyl halides is 2. The number of hydrogen-bond donors (Lipinski definition) is 0. The Kier molecular flexibility index (Phi) is 5.60. The van der Waals surface area contributed by atoms with Gasteiger partial charge in [0.15, 0.2) is 11.5 Å². The molecule has 1 fully saturated rings. The zero-order valence-electron chi connectivity index (χ0n) is 16.7. The van der Waals surface area contributed by atoms with Gasteiger partial charge < -0.3 is 4.57 Å². The van der Waals surface area contributed by atoms with Gasteiger partial charge >= 0.3 is 0 Å². The molecule has 1 saturated heterocycles. The van der Waals surface area contributed by atoms with E-state index < -0.39 is 6.43 Å². The lowest BCUT2D eigenvalue weighted by Gasteiger charge is -2.25. The van der Waals surface area contributed by atoms with Crippen molar-refractivity contribution < 1.29 is 13.6 Å². The van der Waals surface area contributed by atoms with Gasteiger partial charge in [-0.3, -0.25) is 14.7 Å². The second kappa shape index (κ2) is 8.33. The van der Waals surface area contributed by atoms with Crippen molar-refractivity contribution in [3.8, 4) is 5.69 Å². The van der Waals surface area contributed by atoms with Crippen molar-refractivity contribution in [1.82, 2.24) is 14.5 Å². The van der Waals surface area contributed by atoms with Crippen LogP contribution in [0.15, 0.2) is 36.5 Å². The second-order valence-corrected chi connectivity index (χ2v) is 7.62. The number of nitrogens with zero attached hydrogens (tertiary/aromatic N) is 4. The largest absolute Gasteiger partial charge is 0.312 e. The lowest BCUT2D eigenvalue weighted by molar-refractivity contribution is 0.0916. The zero-order valence-corrected chi connectivity index (χ0v) is 16.7. The minimum absolute atomic E-state index is 0.0479. The molecule has 0 bridgehead atoms. The molecule has 30 heavy (non-hydrogen) atoms. The summed E-state index contributed by atoms with van der Waals surface area (Å²) in [6.45, 7) is 11.0. The molecule has 3 aromatic rings. The summed E-state index contributed by atoms with van der Waals surface area (Å²) < 4.78 is 28.5. The Bertz CT molecular complexity index is 1120. The Balaban J connectivity index is 1.84. The Morgan fingerprint density at radius 1 is 1.20 bits per heavy atom. The quantitative estimate of drug-likeness (QED) is 0.414. The normalized spacial score (nSPS) is 14.9. The lowest BCUT2D eigenvalue weighted by atomic mass is 10.1. The van der Waals surface area contributed by atoms with Crippen LogP contribution in [0.4, 0.5) is 14.5 Å². The number of piperidine rings is 1. The maximum absolute atomic E-state index is 13.3. The van der Waals surface area contributed by atoms with Gasteiger partial charge in [-0.1, -0.05) is 18.6 Å². The van der Waals surface area contributed by atoms with Crippen molar-refractivity contribution in [2.24, 2.45) is 0 Å². The van der Waals surface area contributed by atoms with Crippen LogP contribution in [0.25, 0.3) is 21.6 Å². The van der Waals surface area contributed by atoms with Crippen LogP contribution in [-0.4, -0.2) is 39.9 Å². The van der Waals surface area contributed by atoms with Crippen molar-refractivity contribution in [1.29, 1.82) is 0 Å². The number of benzene rings is 1. The average molecular weight is 408 g/mol. The number of ketones is 1. The van der Waals surface area contributed by atoms with Crippen LogP contribution in [0.2, 0.25) is 0 Å². The summed E-state index contributed by atoms with van der Waals surface area (Å²) in [5.74, 6) is -0.0479. The molecule has 0 radical (unpaired) electrons. The summed E-state index contributed by atoms with van der Waals surface area (Å²) in [6.07, 6.45) is 1.84. The molecule has 0 spiro atoms. The van der Waals surface area contributed by atoms with E-state index in [0.29, 0.717) is 40.2 Å². The minimum atomic E-state index is -2.65. The Hall–Kier alpha value is -3.11. The molecule has 0 aliphatic carbocycles. The van der Waals surface area contributed by atoms with E-state index in [2.05, 4.69) is 14.7 Å². The third-order valence-corrected chi connectivity index (χ3v) is 5.65. The minimum Gasteiger partial charge on any atom is -0.312 e. The van der Waals surface area contributed by atoms with Gasteiger partial charge in [0.1, 0.15) is 0 Å². The van der Waals surface area contributed by atoms with E-state index in [9.17, 15) is 13.6 Å². The molecule has 1 aliphatic heterocycles. The maximum Gasteiger partial charge on any atom is 0.265 e. The molecule has 5 nitrogen and oxygen atoms in total. The van der Waals surface area contributed by atoms with Crippen molar-refractivity contribution in [2.75, 3.05) is 19.6 Å². The Morgan fingerprint density at radius 2 is 1.90 bits per heavy atom. The molecule has 3 heterocycles. The Morgan fingerprint density at radius 3 is 2.53 bits per heavy atom. The third-order valence-electron chi connectivity index (χ3n) is 5.65. The summed E-state index contributed by atoms with van der Waals surface area (Å²) in [7, 11) is 0. The molecule has 0 atom stereocenters. The number of aromatic nitrogens is 2. The molecule has 1 aromatic carbocycles. The fraction of sp³-hybridized carbons (Fsp3) is 0.348. The summed E-state index contributed by atoms with van der Waals surface area (Å²) in [5, 5.41) is 0. The van der Waals surface area contributed by atoms with Gasteiger partial charge in [0.25, 0.3) is 6.43 Å². The molecule has 2 aromatic heterocycles. The number of rotatable bonds is 5. The van der Waals surface area contributed by atoms with Crippen molar-refractivity contribution >= 4 is 22.5 Å². The first-order valence-electron chi connectivity index (χ1n) is 10.0. The van der Waals surface area contributed by atoms with Gasteiger partial charge in [0, 0.05) is 23.1 Å². The molecule has 0 unspecified atom stereocenters. The topological polar surface area (TPSA) is 42.5 Å². The zero-order chi connectivity index (χ0) is 21.3. The second-order valence-electron chi connectivity index (χ2n) is 7.62. The van der Waals surface area contributed by atoms with E-state index in [0.717, 1.165) is 32.1 Å². The van der Waals surface area contributed by atoms with Gasteiger partial charge in [-0.15, -0.1) is 0 Å².